The van der Waals surface area contributed by atoms with Gasteiger partial charge in [-0.2, -0.15) is 0 Å². The molecular formula is C11H20FNO. The Morgan fingerprint density at radius 1 is 1.50 bits per heavy atom. The highest BCUT2D eigenvalue weighted by atomic mass is 19.1. The summed E-state index contributed by atoms with van der Waals surface area (Å²) in [7, 11) is 0. The summed E-state index contributed by atoms with van der Waals surface area (Å²) in [4.78, 5) is 2.25. The highest BCUT2D eigenvalue weighted by molar-refractivity contribution is 5.11. The number of rotatable bonds is 3. The summed E-state index contributed by atoms with van der Waals surface area (Å²) in [5.41, 5.74) is -0.968. The van der Waals surface area contributed by atoms with Gasteiger partial charge in [0.2, 0.25) is 0 Å². The summed E-state index contributed by atoms with van der Waals surface area (Å²) in [5.74, 6) is 0. The van der Waals surface area contributed by atoms with Crippen molar-refractivity contribution in [2.45, 2.75) is 50.9 Å². The van der Waals surface area contributed by atoms with E-state index in [1.807, 2.05) is 13.8 Å². The second-order valence-electron chi connectivity index (χ2n) is 5.35. The van der Waals surface area contributed by atoms with E-state index in [9.17, 15) is 4.39 Å². The highest BCUT2D eigenvalue weighted by Crippen LogP contribution is 2.46. The van der Waals surface area contributed by atoms with Crippen molar-refractivity contribution in [1.82, 2.24) is 4.90 Å². The van der Waals surface area contributed by atoms with E-state index in [4.69, 9.17) is 4.74 Å². The van der Waals surface area contributed by atoms with E-state index >= 15 is 0 Å². The Morgan fingerprint density at radius 2 is 2.21 bits per heavy atom. The van der Waals surface area contributed by atoms with Crippen molar-refractivity contribution >= 4 is 0 Å². The minimum atomic E-state index is -1.00. The van der Waals surface area contributed by atoms with Gasteiger partial charge in [0.25, 0.3) is 0 Å². The Morgan fingerprint density at radius 3 is 2.64 bits per heavy atom. The van der Waals surface area contributed by atoms with Crippen molar-refractivity contribution in [2.24, 2.45) is 0 Å². The van der Waals surface area contributed by atoms with Crippen LogP contribution in [-0.2, 0) is 4.74 Å². The van der Waals surface area contributed by atoms with Crippen molar-refractivity contribution < 1.29 is 9.13 Å². The average molecular weight is 201 g/mol. The van der Waals surface area contributed by atoms with Crippen LogP contribution in [0.2, 0.25) is 0 Å². The quantitative estimate of drug-likeness (QED) is 0.692. The predicted octanol–water partition coefficient (Wildman–Crippen LogP) is 1.99. The van der Waals surface area contributed by atoms with Crippen molar-refractivity contribution in [3.8, 4) is 0 Å². The lowest BCUT2D eigenvalue weighted by Crippen LogP contribution is -2.58. The number of alkyl halides is 1. The molecule has 3 heteroatoms. The Hall–Kier alpha value is -0.150. The Balaban J connectivity index is 1.96. The lowest BCUT2D eigenvalue weighted by atomic mass is 9.84. The minimum absolute atomic E-state index is 0.0355. The first kappa shape index (κ1) is 10.4. The molecule has 82 valence electrons. The summed E-state index contributed by atoms with van der Waals surface area (Å²) < 4.78 is 19.5. The van der Waals surface area contributed by atoms with Crippen LogP contribution in [0.25, 0.3) is 0 Å². The number of ether oxygens (including phenoxy) is 1. The fourth-order valence-corrected chi connectivity index (χ4v) is 2.71. The largest absolute Gasteiger partial charge is 0.377 e. The van der Waals surface area contributed by atoms with Gasteiger partial charge in [-0.3, -0.25) is 4.90 Å². The van der Waals surface area contributed by atoms with Crippen LogP contribution in [0.5, 0.6) is 0 Å². The molecule has 2 heterocycles. The van der Waals surface area contributed by atoms with E-state index in [0.717, 1.165) is 13.0 Å². The Kier molecular flexibility index (Phi) is 2.35. The third kappa shape index (κ3) is 1.68. The van der Waals surface area contributed by atoms with Crippen LogP contribution in [0.1, 0.15) is 33.6 Å². The Labute approximate surface area is 85.4 Å². The molecule has 0 amide bonds. The van der Waals surface area contributed by atoms with E-state index in [-0.39, 0.29) is 11.6 Å². The molecule has 2 saturated heterocycles. The molecule has 0 aromatic carbocycles. The second kappa shape index (κ2) is 3.17. The molecule has 2 fully saturated rings. The van der Waals surface area contributed by atoms with Crippen LogP contribution in [0, 0.1) is 0 Å². The molecule has 0 unspecified atom stereocenters. The SMILES string of the molecule is CC(C)OC[C@@]12CCN1C[C@](C)(F)C2. The summed E-state index contributed by atoms with van der Waals surface area (Å²) in [6.07, 6.45) is 1.99. The molecule has 0 saturated carbocycles. The van der Waals surface area contributed by atoms with Gasteiger partial charge in [0.15, 0.2) is 0 Å². The van der Waals surface area contributed by atoms with Crippen LogP contribution in [0.4, 0.5) is 4.39 Å². The smallest absolute Gasteiger partial charge is 0.122 e. The van der Waals surface area contributed by atoms with Gasteiger partial charge in [-0.05, 0) is 27.2 Å². The molecule has 2 atom stereocenters. The van der Waals surface area contributed by atoms with E-state index < -0.39 is 5.67 Å². The fraction of sp³-hybridized carbons (Fsp3) is 1.00. The lowest BCUT2D eigenvalue weighted by molar-refractivity contribution is -0.0648. The van der Waals surface area contributed by atoms with E-state index in [1.165, 1.54) is 0 Å². The molecule has 0 bridgehead atoms. The molecule has 0 aromatic rings. The number of fused-ring (bicyclic) bond motifs is 1. The highest BCUT2D eigenvalue weighted by Gasteiger charge is 2.56. The van der Waals surface area contributed by atoms with Gasteiger partial charge in [-0.1, -0.05) is 0 Å². The molecule has 2 rings (SSSR count). The normalized spacial score (nSPS) is 42.6. The topological polar surface area (TPSA) is 12.5 Å². The predicted molar refractivity (Wildman–Crippen MR) is 54.1 cm³/mol. The monoisotopic (exact) mass is 201 g/mol. The number of hydrogen-bond donors (Lipinski definition) is 0. The molecule has 14 heavy (non-hydrogen) atoms. The van der Waals surface area contributed by atoms with Crippen LogP contribution >= 0.6 is 0 Å². The first-order chi connectivity index (χ1) is 6.44. The molecule has 0 aromatic heterocycles. The minimum Gasteiger partial charge on any atom is -0.377 e. The molecular weight excluding hydrogens is 181 g/mol. The van der Waals surface area contributed by atoms with Crippen molar-refractivity contribution in [1.29, 1.82) is 0 Å². The van der Waals surface area contributed by atoms with E-state index in [0.29, 0.717) is 19.6 Å². The van der Waals surface area contributed by atoms with Crippen molar-refractivity contribution in [3.05, 3.63) is 0 Å². The van der Waals surface area contributed by atoms with E-state index in [2.05, 4.69) is 4.90 Å². The summed E-state index contributed by atoms with van der Waals surface area (Å²) in [5, 5.41) is 0. The third-order valence-corrected chi connectivity index (χ3v) is 3.42. The van der Waals surface area contributed by atoms with E-state index in [1.54, 1.807) is 6.92 Å². The maximum Gasteiger partial charge on any atom is 0.122 e. The standard InChI is InChI=1S/C11H20FNO/c1-9(2)14-8-11-4-5-13(11)7-10(3,12)6-11/h9H,4-8H2,1-3H3/t10-,11+/m1/s1. The van der Waals surface area contributed by atoms with Crippen molar-refractivity contribution in [2.75, 3.05) is 19.7 Å². The zero-order valence-corrected chi connectivity index (χ0v) is 9.35. The van der Waals surface area contributed by atoms with Crippen LogP contribution < -0.4 is 0 Å². The van der Waals surface area contributed by atoms with Gasteiger partial charge in [0.1, 0.15) is 5.67 Å². The van der Waals surface area contributed by atoms with Crippen LogP contribution in [-0.4, -0.2) is 41.9 Å². The molecule has 2 aliphatic rings. The molecule has 2 aliphatic heterocycles. The zero-order valence-electron chi connectivity index (χ0n) is 9.35. The number of halogens is 1. The number of nitrogens with zero attached hydrogens (tertiary/aromatic N) is 1. The first-order valence-electron chi connectivity index (χ1n) is 5.49. The molecule has 0 radical (unpaired) electrons. The molecule has 0 N–H and O–H groups in total. The summed E-state index contributed by atoms with van der Waals surface area (Å²) in [6, 6.07) is 0. The summed E-state index contributed by atoms with van der Waals surface area (Å²) in [6.45, 7) is 8.11. The maximum atomic E-state index is 13.8. The average Bonchev–Trinajstić information content (AvgIpc) is 2.22. The van der Waals surface area contributed by atoms with Gasteiger partial charge in [-0.25, -0.2) is 4.39 Å². The van der Waals surface area contributed by atoms with Crippen LogP contribution in [0.3, 0.4) is 0 Å². The third-order valence-electron chi connectivity index (χ3n) is 3.42. The zero-order chi connectivity index (χ0) is 10.4. The van der Waals surface area contributed by atoms with Gasteiger partial charge in [0, 0.05) is 25.0 Å². The van der Waals surface area contributed by atoms with Gasteiger partial charge in [-0.15, -0.1) is 0 Å². The molecule has 2 nitrogen and oxygen atoms in total. The van der Waals surface area contributed by atoms with Crippen LogP contribution in [0.15, 0.2) is 0 Å². The van der Waals surface area contributed by atoms with Gasteiger partial charge < -0.3 is 4.74 Å². The molecule has 0 spiro atoms. The Bertz CT molecular complexity index is 229. The van der Waals surface area contributed by atoms with Gasteiger partial charge in [0.05, 0.1) is 12.7 Å². The molecule has 0 aliphatic carbocycles. The first-order valence-corrected chi connectivity index (χ1v) is 5.49. The number of hydrogen-bond acceptors (Lipinski definition) is 2. The van der Waals surface area contributed by atoms with Gasteiger partial charge >= 0.3 is 0 Å². The maximum absolute atomic E-state index is 13.8. The fourth-order valence-electron chi connectivity index (χ4n) is 2.71. The van der Waals surface area contributed by atoms with Crippen molar-refractivity contribution in [3.63, 3.8) is 0 Å². The second-order valence-corrected chi connectivity index (χ2v) is 5.35. The summed E-state index contributed by atoms with van der Waals surface area (Å²) >= 11 is 0. The lowest BCUT2D eigenvalue weighted by Gasteiger charge is -2.47.